The first-order valence-corrected chi connectivity index (χ1v) is 12.2. The summed E-state index contributed by atoms with van der Waals surface area (Å²) in [5.41, 5.74) is 0.557. The second kappa shape index (κ2) is 10.5. The minimum atomic E-state index is -3.75. The highest BCUT2D eigenvalue weighted by Gasteiger charge is 2.29. The van der Waals surface area contributed by atoms with Gasteiger partial charge in [0.25, 0.3) is 5.91 Å². The molecule has 0 bridgehead atoms. The Labute approximate surface area is 195 Å². The fourth-order valence-electron chi connectivity index (χ4n) is 3.47. The molecule has 1 saturated heterocycles. The van der Waals surface area contributed by atoms with Crippen LogP contribution >= 0.6 is 0 Å². The molecule has 0 radical (unpaired) electrons. The molecule has 1 heterocycles. The molecule has 9 heteroatoms. The summed E-state index contributed by atoms with van der Waals surface area (Å²) in [4.78, 5) is 27.2. The molecule has 0 atom stereocenters. The fourth-order valence-corrected chi connectivity index (χ4v) is 4.93. The van der Waals surface area contributed by atoms with E-state index in [1.165, 1.54) is 28.6 Å². The molecule has 33 heavy (non-hydrogen) atoms. The Morgan fingerprint density at radius 2 is 1.70 bits per heavy atom. The molecule has 1 fully saturated rings. The number of nitrogens with zero attached hydrogens (tertiary/aromatic N) is 2. The summed E-state index contributed by atoms with van der Waals surface area (Å²) < 4.78 is 37.5. The standard InChI is InChI=1S/C24H30N2O6S/c1-24(2,3)26(17-19-8-5-4-6-9-19)22(27)18-32-23(28)20-10-7-11-21(16-20)33(29,30)25-12-14-31-15-13-25/h4-11,16H,12-15,17-18H2,1-3H3. The topological polar surface area (TPSA) is 93.2 Å². The van der Waals surface area contributed by atoms with Crippen LogP contribution in [0.25, 0.3) is 0 Å². The number of carbonyl (C=O) groups is 2. The number of esters is 1. The van der Waals surface area contributed by atoms with Gasteiger partial charge < -0.3 is 14.4 Å². The summed E-state index contributed by atoms with van der Waals surface area (Å²) in [6.07, 6.45) is 0. The van der Waals surface area contributed by atoms with E-state index in [9.17, 15) is 18.0 Å². The average Bonchev–Trinajstić information content (AvgIpc) is 2.81. The fraction of sp³-hybridized carbons (Fsp3) is 0.417. The van der Waals surface area contributed by atoms with Crippen molar-refractivity contribution < 1.29 is 27.5 Å². The molecule has 2 aromatic carbocycles. The molecule has 0 spiro atoms. The molecule has 0 aromatic heterocycles. The molecule has 1 aliphatic heterocycles. The SMILES string of the molecule is CC(C)(C)N(Cc1ccccc1)C(=O)COC(=O)c1cccc(S(=O)(=O)N2CCOCC2)c1. The number of hydrogen-bond donors (Lipinski definition) is 0. The lowest BCUT2D eigenvalue weighted by Crippen LogP contribution is -2.46. The van der Waals surface area contributed by atoms with Gasteiger partial charge in [0.05, 0.1) is 23.7 Å². The van der Waals surface area contributed by atoms with Gasteiger partial charge in [-0.3, -0.25) is 4.79 Å². The van der Waals surface area contributed by atoms with E-state index in [1.54, 1.807) is 4.90 Å². The highest BCUT2D eigenvalue weighted by atomic mass is 32.2. The number of amides is 1. The van der Waals surface area contributed by atoms with Crippen LogP contribution in [0, 0.1) is 0 Å². The van der Waals surface area contributed by atoms with Gasteiger partial charge in [0, 0.05) is 25.2 Å². The molecule has 0 saturated carbocycles. The van der Waals surface area contributed by atoms with E-state index in [-0.39, 0.29) is 29.5 Å². The third-order valence-corrected chi connectivity index (χ3v) is 7.19. The first kappa shape index (κ1) is 24.9. The van der Waals surface area contributed by atoms with Crippen molar-refractivity contribution in [3.05, 3.63) is 65.7 Å². The van der Waals surface area contributed by atoms with Crippen LogP contribution in [0.5, 0.6) is 0 Å². The Bertz CT molecular complexity index is 1070. The number of sulfonamides is 1. The number of hydrogen-bond acceptors (Lipinski definition) is 6. The lowest BCUT2D eigenvalue weighted by molar-refractivity contribution is -0.140. The van der Waals surface area contributed by atoms with Crippen LogP contribution in [-0.4, -0.2) is 67.9 Å². The third kappa shape index (κ3) is 6.40. The number of morpholine rings is 1. The van der Waals surface area contributed by atoms with Gasteiger partial charge >= 0.3 is 5.97 Å². The average molecular weight is 475 g/mol. The van der Waals surface area contributed by atoms with Crippen LogP contribution in [0.4, 0.5) is 0 Å². The van der Waals surface area contributed by atoms with Gasteiger partial charge in [-0.15, -0.1) is 0 Å². The molecule has 8 nitrogen and oxygen atoms in total. The van der Waals surface area contributed by atoms with Gasteiger partial charge in [-0.05, 0) is 44.5 Å². The summed E-state index contributed by atoms with van der Waals surface area (Å²) in [7, 11) is -3.75. The zero-order chi connectivity index (χ0) is 24.1. The summed E-state index contributed by atoms with van der Waals surface area (Å²) in [6.45, 7) is 6.86. The van der Waals surface area contributed by atoms with Crippen LogP contribution in [0.15, 0.2) is 59.5 Å². The zero-order valence-electron chi connectivity index (χ0n) is 19.2. The molecule has 178 valence electrons. The van der Waals surface area contributed by atoms with Crippen molar-refractivity contribution in [2.24, 2.45) is 0 Å². The van der Waals surface area contributed by atoms with Crippen molar-refractivity contribution in [1.29, 1.82) is 0 Å². The number of rotatable bonds is 7. The smallest absolute Gasteiger partial charge is 0.338 e. The maximum atomic E-state index is 12.9. The second-order valence-corrected chi connectivity index (χ2v) is 10.7. The predicted octanol–water partition coefficient (Wildman–Crippen LogP) is 2.69. The first-order chi connectivity index (χ1) is 15.6. The molecular formula is C24H30N2O6S. The Morgan fingerprint density at radius 1 is 1.03 bits per heavy atom. The second-order valence-electron chi connectivity index (χ2n) is 8.76. The van der Waals surface area contributed by atoms with Crippen LogP contribution < -0.4 is 0 Å². The van der Waals surface area contributed by atoms with E-state index in [2.05, 4.69) is 0 Å². The molecule has 0 unspecified atom stereocenters. The summed E-state index contributed by atoms with van der Waals surface area (Å²) >= 11 is 0. The molecule has 1 amide bonds. The van der Waals surface area contributed by atoms with Crippen molar-refractivity contribution in [2.45, 2.75) is 37.8 Å². The highest BCUT2D eigenvalue weighted by Crippen LogP contribution is 2.20. The van der Waals surface area contributed by atoms with E-state index in [0.29, 0.717) is 19.8 Å². The Morgan fingerprint density at radius 3 is 2.33 bits per heavy atom. The van der Waals surface area contributed by atoms with Gasteiger partial charge in [0.2, 0.25) is 10.0 Å². The lowest BCUT2D eigenvalue weighted by atomic mass is 10.0. The minimum Gasteiger partial charge on any atom is -0.452 e. The maximum Gasteiger partial charge on any atom is 0.338 e. The van der Waals surface area contributed by atoms with Gasteiger partial charge in [0.15, 0.2) is 6.61 Å². The Balaban J connectivity index is 1.68. The molecule has 0 N–H and O–H groups in total. The molecule has 1 aliphatic rings. The lowest BCUT2D eigenvalue weighted by Gasteiger charge is -2.35. The predicted molar refractivity (Wildman–Crippen MR) is 123 cm³/mol. The van der Waals surface area contributed by atoms with E-state index in [1.807, 2.05) is 51.1 Å². The molecule has 3 rings (SSSR count). The quantitative estimate of drug-likeness (QED) is 0.573. The van der Waals surface area contributed by atoms with Crippen LogP contribution in [-0.2, 0) is 30.8 Å². The van der Waals surface area contributed by atoms with E-state index < -0.39 is 28.1 Å². The third-order valence-electron chi connectivity index (χ3n) is 5.30. The number of ether oxygens (including phenoxy) is 2. The van der Waals surface area contributed by atoms with Crippen LogP contribution in [0.1, 0.15) is 36.7 Å². The van der Waals surface area contributed by atoms with Crippen LogP contribution in [0.3, 0.4) is 0 Å². The number of benzene rings is 2. The number of carbonyl (C=O) groups excluding carboxylic acids is 2. The van der Waals surface area contributed by atoms with Crippen molar-refractivity contribution in [3.63, 3.8) is 0 Å². The molecular weight excluding hydrogens is 444 g/mol. The van der Waals surface area contributed by atoms with Crippen molar-refractivity contribution in [3.8, 4) is 0 Å². The van der Waals surface area contributed by atoms with Crippen molar-refractivity contribution in [2.75, 3.05) is 32.9 Å². The highest BCUT2D eigenvalue weighted by molar-refractivity contribution is 7.89. The largest absolute Gasteiger partial charge is 0.452 e. The first-order valence-electron chi connectivity index (χ1n) is 10.8. The minimum absolute atomic E-state index is 0.00516. The van der Waals surface area contributed by atoms with Crippen LogP contribution in [0.2, 0.25) is 0 Å². The van der Waals surface area contributed by atoms with Crippen molar-refractivity contribution >= 4 is 21.9 Å². The monoisotopic (exact) mass is 474 g/mol. The molecule has 2 aromatic rings. The normalized spacial score (nSPS) is 15.1. The summed E-state index contributed by atoms with van der Waals surface area (Å²) in [5.74, 6) is -1.09. The van der Waals surface area contributed by atoms with Gasteiger partial charge in [-0.2, -0.15) is 4.31 Å². The van der Waals surface area contributed by atoms with Gasteiger partial charge in [-0.25, -0.2) is 13.2 Å². The Hall–Kier alpha value is -2.75. The Kier molecular flexibility index (Phi) is 7.88. The molecule has 0 aliphatic carbocycles. The van der Waals surface area contributed by atoms with E-state index in [0.717, 1.165) is 5.56 Å². The summed E-state index contributed by atoms with van der Waals surface area (Å²) in [6, 6.07) is 15.2. The van der Waals surface area contributed by atoms with Gasteiger partial charge in [-0.1, -0.05) is 36.4 Å². The summed E-state index contributed by atoms with van der Waals surface area (Å²) in [5, 5.41) is 0. The maximum absolute atomic E-state index is 12.9. The zero-order valence-corrected chi connectivity index (χ0v) is 20.0. The van der Waals surface area contributed by atoms with E-state index in [4.69, 9.17) is 9.47 Å². The van der Waals surface area contributed by atoms with Gasteiger partial charge in [0.1, 0.15) is 0 Å². The van der Waals surface area contributed by atoms with E-state index >= 15 is 0 Å². The van der Waals surface area contributed by atoms with Crippen molar-refractivity contribution in [1.82, 2.24) is 9.21 Å².